The molecular formula is C20H25NO2. The molecule has 0 aliphatic carbocycles. The van der Waals surface area contributed by atoms with Crippen LogP contribution in [-0.2, 0) is 4.79 Å². The quantitative estimate of drug-likeness (QED) is 0.899. The van der Waals surface area contributed by atoms with Crippen LogP contribution in [0.2, 0.25) is 0 Å². The second kappa shape index (κ2) is 7.32. The third-order valence-corrected chi connectivity index (χ3v) is 4.12. The summed E-state index contributed by atoms with van der Waals surface area (Å²) in [6.45, 7) is 10.3. The third kappa shape index (κ3) is 4.59. The van der Waals surface area contributed by atoms with Gasteiger partial charge in [-0.2, -0.15) is 0 Å². The monoisotopic (exact) mass is 311 g/mol. The number of hydrogen-bond acceptors (Lipinski definition) is 2. The Labute approximate surface area is 138 Å². The van der Waals surface area contributed by atoms with Crippen molar-refractivity contribution in [1.82, 2.24) is 5.32 Å². The van der Waals surface area contributed by atoms with E-state index in [0.29, 0.717) is 5.75 Å². The van der Waals surface area contributed by atoms with Crippen molar-refractivity contribution in [1.29, 1.82) is 0 Å². The Balaban J connectivity index is 1.94. The number of carbonyl (C=O) groups excluding carboxylic acids is 1. The van der Waals surface area contributed by atoms with Crippen molar-refractivity contribution in [2.24, 2.45) is 0 Å². The zero-order valence-electron chi connectivity index (χ0n) is 14.6. The Morgan fingerprint density at radius 3 is 2.26 bits per heavy atom. The molecule has 23 heavy (non-hydrogen) atoms. The molecule has 0 aliphatic heterocycles. The lowest BCUT2D eigenvalue weighted by atomic mass is 9.96. The topological polar surface area (TPSA) is 38.3 Å². The van der Waals surface area contributed by atoms with Crippen LogP contribution in [0.3, 0.4) is 0 Å². The molecule has 1 N–H and O–H groups in total. The Morgan fingerprint density at radius 1 is 1.00 bits per heavy atom. The van der Waals surface area contributed by atoms with Crippen LogP contribution < -0.4 is 10.1 Å². The molecule has 0 saturated carbocycles. The van der Waals surface area contributed by atoms with Gasteiger partial charge in [0.1, 0.15) is 5.75 Å². The van der Waals surface area contributed by atoms with Gasteiger partial charge in [-0.15, -0.1) is 0 Å². The highest BCUT2D eigenvalue weighted by molar-refractivity contribution is 5.78. The van der Waals surface area contributed by atoms with Gasteiger partial charge in [0.2, 0.25) is 0 Å². The summed E-state index contributed by atoms with van der Waals surface area (Å²) in [6, 6.07) is 12.0. The second-order valence-corrected chi connectivity index (χ2v) is 6.18. The summed E-state index contributed by atoms with van der Waals surface area (Å²) in [5.74, 6) is 0.594. The predicted octanol–water partition coefficient (Wildman–Crippen LogP) is 4.18. The van der Waals surface area contributed by atoms with E-state index < -0.39 is 0 Å². The molecule has 0 radical (unpaired) electrons. The van der Waals surface area contributed by atoms with Crippen LogP contribution in [-0.4, -0.2) is 12.5 Å². The number of ether oxygens (including phenoxy) is 1. The van der Waals surface area contributed by atoms with Gasteiger partial charge in [0.05, 0.1) is 6.04 Å². The predicted molar refractivity (Wildman–Crippen MR) is 93.9 cm³/mol. The molecule has 2 aromatic carbocycles. The van der Waals surface area contributed by atoms with Gasteiger partial charge in [-0.05, 0) is 69.0 Å². The van der Waals surface area contributed by atoms with Crippen molar-refractivity contribution >= 4 is 5.91 Å². The van der Waals surface area contributed by atoms with E-state index in [-0.39, 0.29) is 18.6 Å². The third-order valence-electron chi connectivity index (χ3n) is 4.12. The highest BCUT2D eigenvalue weighted by Crippen LogP contribution is 2.21. The van der Waals surface area contributed by atoms with E-state index in [2.05, 4.69) is 38.2 Å². The maximum Gasteiger partial charge on any atom is 0.258 e. The first kappa shape index (κ1) is 17.1. The smallest absolute Gasteiger partial charge is 0.258 e. The molecule has 1 unspecified atom stereocenters. The summed E-state index contributed by atoms with van der Waals surface area (Å²) in [4.78, 5) is 12.1. The van der Waals surface area contributed by atoms with Crippen molar-refractivity contribution < 1.29 is 9.53 Å². The molecule has 0 fully saturated rings. The molecule has 1 amide bonds. The highest BCUT2D eigenvalue weighted by Gasteiger charge is 2.13. The van der Waals surface area contributed by atoms with Crippen LogP contribution in [0.5, 0.6) is 5.75 Å². The van der Waals surface area contributed by atoms with Gasteiger partial charge in [-0.1, -0.05) is 29.8 Å². The van der Waals surface area contributed by atoms with Crippen LogP contribution in [0.25, 0.3) is 0 Å². The maximum atomic E-state index is 12.1. The van der Waals surface area contributed by atoms with Crippen molar-refractivity contribution in [3.05, 3.63) is 64.2 Å². The molecule has 2 aromatic rings. The molecule has 0 spiro atoms. The summed E-state index contributed by atoms with van der Waals surface area (Å²) in [5, 5.41) is 3.00. The van der Waals surface area contributed by atoms with Gasteiger partial charge in [0.15, 0.2) is 6.61 Å². The standard InChI is InChI=1S/C20H25NO2/c1-13-6-8-18(9-7-13)23-12-20(22)21-17(5)19-11-15(3)14(2)10-16(19)4/h6-11,17H,12H2,1-5H3,(H,21,22). The van der Waals surface area contributed by atoms with Gasteiger partial charge < -0.3 is 10.1 Å². The molecule has 2 rings (SSSR count). The fourth-order valence-electron chi connectivity index (χ4n) is 2.59. The summed E-state index contributed by atoms with van der Waals surface area (Å²) in [5.41, 5.74) is 6.02. The molecule has 3 nitrogen and oxygen atoms in total. The Kier molecular flexibility index (Phi) is 5.43. The lowest BCUT2D eigenvalue weighted by molar-refractivity contribution is -0.123. The zero-order chi connectivity index (χ0) is 17.0. The summed E-state index contributed by atoms with van der Waals surface area (Å²) in [6.07, 6.45) is 0. The first-order chi connectivity index (χ1) is 10.9. The molecule has 1 atom stereocenters. The zero-order valence-corrected chi connectivity index (χ0v) is 14.6. The number of nitrogens with one attached hydrogen (secondary N) is 1. The van der Waals surface area contributed by atoms with Gasteiger partial charge in [0, 0.05) is 0 Å². The second-order valence-electron chi connectivity index (χ2n) is 6.18. The number of aryl methyl sites for hydroxylation is 4. The normalized spacial score (nSPS) is 11.9. The van der Waals surface area contributed by atoms with Crippen molar-refractivity contribution in [2.45, 2.75) is 40.7 Å². The van der Waals surface area contributed by atoms with Crippen LogP contribution in [0, 0.1) is 27.7 Å². The summed E-state index contributed by atoms with van der Waals surface area (Å²) in [7, 11) is 0. The number of amides is 1. The van der Waals surface area contributed by atoms with Gasteiger partial charge in [-0.3, -0.25) is 4.79 Å². The van der Waals surface area contributed by atoms with Crippen molar-refractivity contribution in [2.75, 3.05) is 6.61 Å². The van der Waals surface area contributed by atoms with E-state index in [9.17, 15) is 4.79 Å². The van der Waals surface area contributed by atoms with Gasteiger partial charge >= 0.3 is 0 Å². The molecule has 3 heteroatoms. The molecular weight excluding hydrogens is 286 g/mol. The maximum absolute atomic E-state index is 12.1. The lowest BCUT2D eigenvalue weighted by Gasteiger charge is -2.18. The Hall–Kier alpha value is -2.29. The minimum atomic E-state index is -0.115. The van der Waals surface area contributed by atoms with Gasteiger partial charge in [-0.25, -0.2) is 0 Å². The average Bonchev–Trinajstić information content (AvgIpc) is 2.50. The molecule has 0 aliphatic rings. The summed E-state index contributed by atoms with van der Waals surface area (Å²) >= 11 is 0. The largest absolute Gasteiger partial charge is 0.484 e. The van der Waals surface area contributed by atoms with E-state index in [0.717, 1.165) is 5.56 Å². The van der Waals surface area contributed by atoms with Crippen LogP contribution in [0.1, 0.15) is 40.8 Å². The fourth-order valence-corrected chi connectivity index (χ4v) is 2.59. The molecule has 0 bridgehead atoms. The number of rotatable bonds is 5. The lowest BCUT2D eigenvalue weighted by Crippen LogP contribution is -2.31. The minimum absolute atomic E-state index is 0.0251. The van der Waals surface area contributed by atoms with E-state index in [1.54, 1.807) is 0 Å². The SMILES string of the molecule is Cc1ccc(OCC(=O)NC(C)c2cc(C)c(C)cc2C)cc1. The molecule has 0 aromatic heterocycles. The van der Waals surface area contributed by atoms with Gasteiger partial charge in [0.25, 0.3) is 5.91 Å². The first-order valence-electron chi connectivity index (χ1n) is 7.93. The molecule has 122 valence electrons. The first-order valence-corrected chi connectivity index (χ1v) is 7.93. The van der Waals surface area contributed by atoms with E-state index >= 15 is 0 Å². The number of carbonyl (C=O) groups is 1. The van der Waals surface area contributed by atoms with Crippen molar-refractivity contribution in [3.8, 4) is 5.75 Å². The molecule has 0 heterocycles. The Bertz CT molecular complexity index is 690. The van der Waals surface area contributed by atoms with Crippen LogP contribution in [0.4, 0.5) is 0 Å². The fraction of sp³-hybridized carbons (Fsp3) is 0.350. The number of hydrogen-bond donors (Lipinski definition) is 1. The van der Waals surface area contributed by atoms with Crippen LogP contribution in [0.15, 0.2) is 36.4 Å². The number of benzene rings is 2. The molecule has 0 saturated heterocycles. The Morgan fingerprint density at radius 2 is 1.61 bits per heavy atom. The minimum Gasteiger partial charge on any atom is -0.484 e. The summed E-state index contributed by atoms with van der Waals surface area (Å²) < 4.78 is 5.52. The highest BCUT2D eigenvalue weighted by atomic mass is 16.5. The average molecular weight is 311 g/mol. The van der Waals surface area contributed by atoms with Crippen molar-refractivity contribution in [3.63, 3.8) is 0 Å². The van der Waals surface area contributed by atoms with E-state index in [1.807, 2.05) is 38.1 Å². The van der Waals surface area contributed by atoms with Crippen LogP contribution >= 0.6 is 0 Å². The van der Waals surface area contributed by atoms with E-state index in [4.69, 9.17) is 4.74 Å². The van der Waals surface area contributed by atoms with E-state index in [1.165, 1.54) is 22.3 Å².